The van der Waals surface area contributed by atoms with Crippen molar-refractivity contribution in [3.8, 4) is 0 Å². The number of ether oxygens (including phenoxy) is 2. The number of rotatable bonds is 11. The molecule has 0 saturated carbocycles. The number of alkyl halides is 20. The molecule has 0 aliphatic carbocycles. The van der Waals surface area contributed by atoms with E-state index in [9.17, 15) is 87.8 Å². The van der Waals surface area contributed by atoms with Crippen LogP contribution in [0.3, 0.4) is 0 Å². The van der Waals surface area contributed by atoms with Gasteiger partial charge in [-0.1, -0.05) is 0 Å². The average molecular weight is 622 g/mol. The summed E-state index contributed by atoms with van der Waals surface area (Å²) in [6.07, 6.45) is -41.0. The zero-order valence-electron chi connectivity index (χ0n) is 17.6. The maximum Gasteiger partial charge on any atom is 0.451 e. The molecule has 0 aromatic carbocycles. The van der Waals surface area contributed by atoms with Crippen molar-refractivity contribution in [2.45, 2.75) is 73.8 Å². The Balaban J connectivity index is 5.91. The molecule has 230 valence electrons. The molecule has 0 rings (SSSR count). The van der Waals surface area contributed by atoms with Crippen LogP contribution in [0.15, 0.2) is 0 Å². The first kappa shape index (κ1) is 36.4. The molecule has 0 heterocycles. The van der Waals surface area contributed by atoms with E-state index in [1.807, 2.05) is 0 Å². The van der Waals surface area contributed by atoms with Crippen LogP contribution in [-0.2, 0) is 19.2 Å². The van der Waals surface area contributed by atoms with Gasteiger partial charge in [-0.3, -0.25) is 9.47 Å². The van der Waals surface area contributed by atoms with E-state index in [0.717, 1.165) is 0 Å². The number of hydrogen-bond acceptors (Lipinski definition) is 4. The van der Waals surface area contributed by atoms with E-state index in [0.29, 0.717) is 0 Å². The molecule has 0 radical (unpaired) electrons. The molecule has 0 aromatic heterocycles. The molecular weight excluding hydrogens is 612 g/mol. The molecule has 0 bridgehead atoms. The second-order valence-corrected chi connectivity index (χ2v) is 7.22. The van der Waals surface area contributed by atoms with Gasteiger partial charge in [0.1, 0.15) is 0 Å². The Kier molecular flexibility index (Phi) is 9.71. The summed E-state index contributed by atoms with van der Waals surface area (Å²) >= 11 is 0. The summed E-state index contributed by atoms with van der Waals surface area (Å²) in [5.41, 5.74) is -12.2. The van der Waals surface area contributed by atoms with Gasteiger partial charge in [0.15, 0.2) is 13.2 Å². The van der Waals surface area contributed by atoms with Gasteiger partial charge in [-0.05, 0) is 13.8 Å². The van der Waals surface area contributed by atoms with Crippen molar-refractivity contribution in [3.05, 3.63) is 0 Å². The minimum Gasteiger partial charge on any atom is -0.270 e. The first-order chi connectivity index (χ1) is 16.1. The van der Waals surface area contributed by atoms with Gasteiger partial charge in [0.2, 0.25) is 0 Å². The van der Waals surface area contributed by atoms with Gasteiger partial charge < -0.3 is 0 Å². The van der Waals surface area contributed by atoms with Crippen LogP contribution in [0.25, 0.3) is 0 Å². The zero-order chi connectivity index (χ0) is 31.2. The SMILES string of the molecule is CC(F)(C(F)(F)F)C(F)(F)OC(F)(COOCC(F)(OC(F)(F)C(C)(F)C(F)(F)F)C(F)(F)F)C(F)(F)F. The fourth-order valence-electron chi connectivity index (χ4n) is 1.50. The lowest BCUT2D eigenvalue weighted by Crippen LogP contribution is -2.61. The Morgan fingerprint density at radius 3 is 0.737 bits per heavy atom. The third-order valence-electron chi connectivity index (χ3n) is 4.16. The molecule has 0 aliphatic rings. The monoisotopic (exact) mass is 622 g/mol. The minimum absolute atomic E-state index is 1.14. The van der Waals surface area contributed by atoms with Crippen molar-refractivity contribution < 1.29 is 107 Å². The molecule has 0 amide bonds. The normalized spacial score (nSPS) is 21.3. The van der Waals surface area contributed by atoms with Crippen LogP contribution in [0, 0.1) is 0 Å². The quantitative estimate of drug-likeness (QED) is 0.106. The Morgan fingerprint density at radius 1 is 0.368 bits per heavy atom. The molecule has 0 aromatic rings. The summed E-state index contributed by atoms with van der Waals surface area (Å²) in [4.78, 5) is 5.78. The molecule has 4 atom stereocenters. The standard InChI is InChI=1S/C14H10F20O4/c1-5(15,9(19,20)21)13(31,32)37-7(17,11(25,26)27)3-35-36-4-8(18,12(28,29)30)38-14(33,34)6(2,16)10(22,23)24/h3-4H2,1-2H3. The zero-order valence-corrected chi connectivity index (χ0v) is 17.6. The number of halogens is 20. The minimum atomic E-state index is -6.97. The molecule has 24 heteroatoms. The summed E-state index contributed by atoms with van der Waals surface area (Å²) in [6, 6.07) is 0. The van der Waals surface area contributed by atoms with E-state index in [-0.39, 0.29) is 0 Å². The highest BCUT2D eigenvalue weighted by Crippen LogP contribution is 2.51. The van der Waals surface area contributed by atoms with Crippen LogP contribution in [0.4, 0.5) is 87.8 Å². The summed E-state index contributed by atoms with van der Waals surface area (Å²) in [7, 11) is 0. The summed E-state index contributed by atoms with van der Waals surface area (Å²) < 4.78 is 263. The first-order valence-electron chi connectivity index (χ1n) is 8.55. The summed E-state index contributed by atoms with van der Waals surface area (Å²) in [5.74, 6) is -12.7. The van der Waals surface area contributed by atoms with E-state index >= 15 is 0 Å². The molecule has 38 heavy (non-hydrogen) atoms. The largest absolute Gasteiger partial charge is 0.451 e. The van der Waals surface area contributed by atoms with Crippen LogP contribution >= 0.6 is 0 Å². The molecule has 0 N–H and O–H groups in total. The van der Waals surface area contributed by atoms with Crippen molar-refractivity contribution in [2.75, 3.05) is 13.2 Å². The van der Waals surface area contributed by atoms with Gasteiger partial charge in [-0.15, -0.1) is 0 Å². The number of hydrogen-bond donors (Lipinski definition) is 0. The van der Waals surface area contributed by atoms with Gasteiger partial charge in [0, 0.05) is 0 Å². The molecule has 4 unspecified atom stereocenters. The van der Waals surface area contributed by atoms with Gasteiger partial charge >= 0.3 is 48.6 Å². The molecule has 0 fully saturated rings. The van der Waals surface area contributed by atoms with E-state index in [4.69, 9.17) is 0 Å². The predicted molar refractivity (Wildman–Crippen MR) is 74.9 cm³/mol. The predicted octanol–water partition coefficient (Wildman–Crippen LogP) is 7.19. The van der Waals surface area contributed by atoms with Gasteiger partial charge in [0.25, 0.3) is 11.3 Å². The van der Waals surface area contributed by atoms with Crippen LogP contribution in [0.2, 0.25) is 0 Å². The van der Waals surface area contributed by atoms with Crippen molar-refractivity contribution in [3.63, 3.8) is 0 Å². The first-order valence-corrected chi connectivity index (χ1v) is 8.55. The van der Waals surface area contributed by atoms with Crippen LogP contribution in [0.1, 0.15) is 13.8 Å². The third-order valence-corrected chi connectivity index (χ3v) is 4.16. The lowest BCUT2D eigenvalue weighted by Gasteiger charge is -2.37. The van der Waals surface area contributed by atoms with Crippen LogP contribution < -0.4 is 0 Å². The molecule has 0 aliphatic heterocycles. The van der Waals surface area contributed by atoms with E-state index in [1.165, 1.54) is 0 Å². The van der Waals surface area contributed by atoms with Crippen LogP contribution in [-0.4, -0.2) is 73.2 Å². The maximum atomic E-state index is 13.9. The van der Waals surface area contributed by atoms with Gasteiger partial charge in [0.05, 0.1) is 0 Å². The second-order valence-electron chi connectivity index (χ2n) is 7.22. The smallest absolute Gasteiger partial charge is 0.270 e. The Hall–Kier alpha value is -1.56. The summed E-state index contributed by atoms with van der Waals surface area (Å²) in [5, 5.41) is 0. The highest BCUT2D eigenvalue weighted by atomic mass is 19.4. The van der Waals surface area contributed by atoms with E-state index in [2.05, 4.69) is 19.2 Å². The fourth-order valence-corrected chi connectivity index (χ4v) is 1.50. The third kappa shape index (κ3) is 7.14. The summed E-state index contributed by atoms with van der Waals surface area (Å²) in [6.45, 7) is -9.21. The van der Waals surface area contributed by atoms with Gasteiger partial charge in [-0.2, -0.15) is 79.0 Å². The molecule has 4 nitrogen and oxygen atoms in total. The fraction of sp³-hybridized carbons (Fsp3) is 1.00. The van der Waals surface area contributed by atoms with Crippen LogP contribution in [0.5, 0.6) is 0 Å². The Morgan fingerprint density at radius 2 is 0.579 bits per heavy atom. The highest BCUT2D eigenvalue weighted by molar-refractivity contribution is 4.94. The highest BCUT2D eigenvalue weighted by Gasteiger charge is 2.76. The van der Waals surface area contributed by atoms with Crippen molar-refractivity contribution in [1.29, 1.82) is 0 Å². The average Bonchev–Trinajstić information content (AvgIpc) is 2.60. The topological polar surface area (TPSA) is 36.9 Å². The Labute approximate surface area is 195 Å². The molecule has 0 saturated heterocycles. The van der Waals surface area contributed by atoms with Crippen molar-refractivity contribution in [1.82, 2.24) is 0 Å². The molecule has 0 spiro atoms. The maximum absolute atomic E-state index is 13.9. The molecular formula is C14H10F20O4. The van der Waals surface area contributed by atoms with Crippen molar-refractivity contribution >= 4 is 0 Å². The Bertz CT molecular complexity index is 730. The van der Waals surface area contributed by atoms with Gasteiger partial charge in [-0.25, -0.2) is 18.6 Å². The van der Waals surface area contributed by atoms with Crippen molar-refractivity contribution in [2.24, 2.45) is 0 Å². The lowest BCUT2D eigenvalue weighted by molar-refractivity contribution is -0.494. The second kappa shape index (κ2) is 10.1. The lowest BCUT2D eigenvalue weighted by atomic mass is 10.1. The van der Waals surface area contributed by atoms with E-state index in [1.54, 1.807) is 0 Å². The van der Waals surface area contributed by atoms with E-state index < -0.39 is 87.0 Å².